The highest BCUT2D eigenvalue weighted by atomic mass is 16.7. The molecule has 27 heavy (non-hydrogen) atoms. The first-order valence-corrected chi connectivity index (χ1v) is 8.38. The molecule has 2 N–H and O–H groups in total. The summed E-state index contributed by atoms with van der Waals surface area (Å²) in [4.78, 5) is 24.5. The summed E-state index contributed by atoms with van der Waals surface area (Å²) in [6.45, 7) is 1.19. The molecule has 0 aliphatic carbocycles. The SMILES string of the molecule is COc1cc(C2OCCO2)c(OCC2=CC3N=CC=C(C(N)=O)C3=N2)cn1. The van der Waals surface area contributed by atoms with Crippen molar-refractivity contribution in [2.24, 2.45) is 15.7 Å². The first-order valence-electron chi connectivity index (χ1n) is 8.38. The van der Waals surface area contributed by atoms with Crippen molar-refractivity contribution >= 4 is 17.8 Å². The summed E-state index contributed by atoms with van der Waals surface area (Å²) in [7, 11) is 1.54. The molecule has 1 saturated heterocycles. The maximum absolute atomic E-state index is 11.5. The molecule has 0 radical (unpaired) electrons. The van der Waals surface area contributed by atoms with Crippen molar-refractivity contribution in [2.45, 2.75) is 12.3 Å². The number of allylic oxidation sites excluding steroid dienone is 1. The Balaban J connectivity index is 1.52. The molecule has 4 rings (SSSR count). The lowest BCUT2D eigenvalue weighted by Crippen LogP contribution is -2.28. The second-order valence-corrected chi connectivity index (χ2v) is 5.97. The topological polar surface area (TPSA) is 118 Å². The van der Waals surface area contributed by atoms with Gasteiger partial charge < -0.3 is 24.7 Å². The molecule has 3 aliphatic heterocycles. The molecule has 4 heterocycles. The number of carbonyl (C=O) groups excluding carboxylic acids is 1. The van der Waals surface area contributed by atoms with Crippen LogP contribution < -0.4 is 15.2 Å². The van der Waals surface area contributed by atoms with Crippen LogP contribution in [0.3, 0.4) is 0 Å². The van der Waals surface area contributed by atoms with E-state index in [1.54, 1.807) is 24.6 Å². The normalized spacial score (nSPS) is 21.4. The van der Waals surface area contributed by atoms with Gasteiger partial charge in [0.05, 0.1) is 49.1 Å². The summed E-state index contributed by atoms with van der Waals surface area (Å²) in [5.41, 5.74) is 7.64. The Morgan fingerprint density at radius 2 is 2.19 bits per heavy atom. The van der Waals surface area contributed by atoms with E-state index in [4.69, 9.17) is 24.7 Å². The number of hydrogen-bond donors (Lipinski definition) is 1. The molecule has 9 heteroatoms. The van der Waals surface area contributed by atoms with Crippen molar-refractivity contribution < 1.29 is 23.7 Å². The number of pyridine rings is 1. The van der Waals surface area contributed by atoms with Gasteiger partial charge in [0.1, 0.15) is 18.4 Å². The fraction of sp³-hybridized carbons (Fsp3) is 0.333. The number of carbonyl (C=O) groups is 1. The van der Waals surface area contributed by atoms with Crippen LogP contribution in [0, 0.1) is 0 Å². The Morgan fingerprint density at radius 1 is 1.37 bits per heavy atom. The molecule has 1 unspecified atom stereocenters. The predicted octanol–water partition coefficient (Wildman–Crippen LogP) is 0.718. The fourth-order valence-corrected chi connectivity index (χ4v) is 2.98. The highest BCUT2D eigenvalue weighted by Gasteiger charge is 2.29. The van der Waals surface area contributed by atoms with Crippen molar-refractivity contribution in [3.63, 3.8) is 0 Å². The number of primary amides is 1. The van der Waals surface area contributed by atoms with Crippen LogP contribution in [-0.2, 0) is 14.3 Å². The van der Waals surface area contributed by atoms with Crippen molar-refractivity contribution in [1.29, 1.82) is 0 Å². The Morgan fingerprint density at radius 3 is 2.93 bits per heavy atom. The number of dihydropyridines is 1. The zero-order chi connectivity index (χ0) is 18.8. The van der Waals surface area contributed by atoms with Crippen molar-refractivity contribution in [1.82, 2.24) is 4.98 Å². The van der Waals surface area contributed by atoms with Gasteiger partial charge >= 0.3 is 0 Å². The molecule has 3 aliphatic rings. The molecule has 0 bridgehead atoms. The van der Waals surface area contributed by atoms with Gasteiger partial charge in [0.15, 0.2) is 6.29 Å². The largest absolute Gasteiger partial charge is 0.485 e. The summed E-state index contributed by atoms with van der Waals surface area (Å²) in [5.74, 6) is 0.416. The molecule has 1 fully saturated rings. The minimum absolute atomic E-state index is 0.176. The minimum atomic E-state index is -0.530. The Kier molecular flexibility index (Phi) is 4.69. The molecular weight excluding hydrogens is 352 g/mol. The van der Waals surface area contributed by atoms with Crippen LogP contribution in [-0.4, -0.2) is 55.8 Å². The lowest BCUT2D eigenvalue weighted by atomic mass is 10.0. The third-order valence-electron chi connectivity index (χ3n) is 4.26. The van der Waals surface area contributed by atoms with Gasteiger partial charge in [-0.3, -0.25) is 14.8 Å². The van der Waals surface area contributed by atoms with Gasteiger partial charge in [-0.25, -0.2) is 4.98 Å². The average Bonchev–Trinajstić information content (AvgIpc) is 3.35. The van der Waals surface area contributed by atoms with Crippen LogP contribution in [0.25, 0.3) is 0 Å². The van der Waals surface area contributed by atoms with Crippen molar-refractivity contribution in [3.05, 3.63) is 41.2 Å². The van der Waals surface area contributed by atoms with Crippen molar-refractivity contribution in [2.75, 3.05) is 26.9 Å². The summed E-state index contributed by atoms with van der Waals surface area (Å²) in [6.07, 6.45) is 5.99. The van der Waals surface area contributed by atoms with E-state index in [2.05, 4.69) is 15.0 Å². The van der Waals surface area contributed by atoms with E-state index in [0.29, 0.717) is 47.4 Å². The lowest BCUT2D eigenvalue weighted by Gasteiger charge is -2.15. The smallest absolute Gasteiger partial charge is 0.250 e. The molecule has 1 aromatic rings. The summed E-state index contributed by atoms with van der Waals surface area (Å²) in [6, 6.07) is 1.41. The Hall–Kier alpha value is -3.04. The summed E-state index contributed by atoms with van der Waals surface area (Å²) < 4.78 is 22.2. The first-order chi connectivity index (χ1) is 13.2. The Labute approximate surface area is 155 Å². The molecule has 0 aromatic carbocycles. The van der Waals surface area contributed by atoms with E-state index in [9.17, 15) is 4.79 Å². The molecule has 1 aromatic heterocycles. The maximum Gasteiger partial charge on any atom is 0.250 e. The summed E-state index contributed by atoms with van der Waals surface area (Å²) in [5, 5.41) is 0. The van der Waals surface area contributed by atoms with Gasteiger partial charge in [-0.1, -0.05) is 0 Å². The number of nitrogens with zero attached hydrogens (tertiary/aromatic N) is 3. The molecule has 9 nitrogen and oxygen atoms in total. The third kappa shape index (κ3) is 3.46. The van der Waals surface area contributed by atoms with Gasteiger partial charge in [0.2, 0.25) is 5.88 Å². The highest BCUT2D eigenvalue weighted by molar-refractivity contribution is 6.27. The fourth-order valence-electron chi connectivity index (χ4n) is 2.98. The lowest BCUT2D eigenvalue weighted by molar-refractivity contribution is -0.114. The number of methoxy groups -OCH3 is 1. The average molecular weight is 370 g/mol. The van der Waals surface area contributed by atoms with Crippen LogP contribution >= 0.6 is 0 Å². The van der Waals surface area contributed by atoms with Crippen LogP contribution in [0.4, 0.5) is 0 Å². The van der Waals surface area contributed by atoms with E-state index in [1.807, 2.05) is 6.08 Å². The second-order valence-electron chi connectivity index (χ2n) is 5.97. The molecule has 1 amide bonds. The number of nitrogens with two attached hydrogens (primary N) is 1. The predicted molar refractivity (Wildman–Crippen MR) is 96.0 cm³/mol. The molecular formula is C18H18N4O5. The van der Waals surface area contributed by atoms with Crippen molar-refractivity contribution in [3.8, 4) is 11.6 Å². The monoisotopic (exact) mass is 370 g/mol. The molecule has 1 atom stereocenters. The minimum Gasteiger partial charge on any atom is -0.485 e. The van der Waals surface area contributed by atoms with Crippen LogP contribution in [0.2, 0.25) is 0 Å². The maximum atomic E-state index is 11.5. The van der Waals surface area contributed by atoms with Gasteiger partial charge in [0, 0.05) is 12.3 Å². The second kappa shape index (κ2) is 7.29. The highest BCUT2D eigenvalue weighted by Crippen LogP contribution is 2.33. The zero-order valence-electron chi connectivity index (χ0n) is 14.6. The van der Waals surface area contributed by atoms with Gasteiger partial charge in [-0.15, -0.1) is 0 Å². The van der Waals surface area contributed by atoms with Crippen LogP contribution in [0.15, 0.2) is 45.7 Å². The van der Waals surface area contributed by atoms with E-state index in [-0.39, 0.29) is 12.6 Å². The van der Waals surface area contributed by atoms with Gasteiger partial charge in [-0.05, 0) is 12.2 Å². The van der Waals surface area contributed by atoms with Crippen LogP contribution in [0.5, 0.6) is 11.6 Å². The zero-order valence-corrected chi connectivity index (χ0v) is 14.6. The molecule has 0 spiro atoms. The van der Waals surface area contributed by atoms with E-state index in [1.165, 1.54) is 7.11 Å². The van der Waals surface area contributed by atoms with E-state index < -0.39 is 12.2 Å². The van der Waals surface area contributed by atoms with Crippen LogP contribution in [0.1, 0.15) is 11.9 Å². The first kappa shape index (κ1) is 17.4. The quantitative estimate of drug-likeness (QED) is 0.788. The number of amides is 1. The van der Waals surface area contributed by atoms with Gasteiger partial charge in [-0.2, -0.15) is 0 Å². The number of rotatable bonds is 6. The number of fused-ring (bicyclic) bond motifs is 1. The number of ether oxygens (including phenoxy) is 4. The number of aromatic nitrogens is 1. The standard InChI is InChI=1S/C18H18N4O5/c1-24-15-7-12(18-25-4-5-26-18)14(8-21-15)27-9-10-6-13-16(22-10)11(17(19)23)2-3-20-13/h2-3,6-8,13,18H,4-5,9H2,1H3,(H2,19,23). The molecule has 140 valence electrons. The third-order valence-corrected chi connectivity index (χ3v) is 4.26. The Bertz CT molecular complexity index is 884. The van der Waals surface area contributed by atoms with E-state index >= 15 is 0 Å². The van der Waals surface area contributed by atoms with Gasteiger partial charge in [0.25, 0.3) is 5.91 Å². The summed E-state index contributed by atoms with van der Waals surface area (Å²) >= 11 is 0. The number of hydrogen-bond acceptors (Lipinski definition) is 8. The van der Waals surface area contributed by atoms with E-state index in [0.717, 1.165) is 0 Å². The molecule has 0 saturated carbocycles. The number of aliphatic imine (C=N–C) groups is 2.